The average molecular weight is 257 g/mol. The summed E-state index contributed by atoms with van der Waals surface area (Å²) in [5, 5.41) is 0. The zero-order valence-corrected chi connectivity index (χ0v) is 11.0. The largest absolute Gasteiger partial charge is 0.342 e. The van der Waals surface area contributed by atoms with Crippen molar-refractivity contribution in [2.75, 3.05) is 13.1 Å². The molecule has 3 rings (SSSR count). The standard InChI is InChI=1S/C16H19NO2/c18-11-12-3-1-4-14(9-12)15-5-2-8-17(10-15)16(19)13-6-7-13/h1,3-4,9,11,13,15H,2,5-8,10H2. The van der Waals surface area contributed by atoms with Gasteiger partial charge < -0.3 is 4.90 Å². The maximum atomic E-state index is 12.1. The van der Waals surface area contributed by atoms with E-state index in [1.807, 2.05) is 23.1 Å². The fourth-order valence-corrected chi connectivity index (χ4v) is 2.92. The number of carbonyl (C=O) groups excluding carboxylic acids is 2. The van der Waals surface area contributed by atoms with Crippen molar-refractivity contribution in [3.8, 4) is 0 Å². The van der Waals surface area contributed by atoms with Gasteiger partial charge in [-0.2, -0.15) is 0 Å². The third-order valence-electron chi connectivity index (χ3n) is 4.18. The minimum absolute atomic E-state index is 0.306. The molecule has 0 spiro atoms. The van der Waals surface area contributed by atoms with Gasteiger partial charge in [0.25, 0.3) is 0 Å². The van der Waals surface area contributed by atoms with Gasteiger partial charge in [0.15, 0.2) is 0 Å². The summed E-state index contributed by atoms with van der Waals surface area (Å²) in [6.07, 6.45) is 5.20. The van der Waals surface area contributed by atoms with Gasteiger partial charge >= 0.3 is 0 Å². The number of hydrogen-bond acceptors (Lipinski definition) is 2. The summed E-state index contributed by atoms with van der Waals surface area (Å²) in [5.41, 5.74) is 1.92. The second-order valence-corrected chi connectivity index (χ2v) is 5.69. The van der Waals surface area contributed by atoms with Crippen LogP contribution >= 0.6 is 0 Å². The molecule has 0 bridgehead atoms. The van der Waals surface area contributed by atoms with Crippen LogP contribution in [-0.4, -0.2) is 30.2 Å². The highest BCUT2D eigenvalue weighted by atomic mass is 16.2. The first-order valence-electron chi connectivity index (χ1n) is 7.12. The lowest BCUT2D eigenvalue weighted by Crippen LogP contribution is -2.39. The first-order valence-corrected chi connectivity index (χ1v) is 7.12. The molecular weight excluding hydrogens is 238 g/mol. The molecule has 3 heteroatoms. The van der Waals surface area contributed by atoms with Gasteiger partial charge in [0, 0.05) is 30.5 Å². The maximum absolute atomic E-state index is 12.1. The van der Waals surface area contributed by atoms with Crippen LogP contribution in [0, 0.1) is 5.92 Å². The molecule has 1 aromatic carbocycles. The number of carbonyl (C=O) groups is 2. The predicted octanol–water partition coefficient (Wildman–Crippen LogP) is 2.62. The summed E-state index contributed by atoms with van der Waals surface area (Å²) in [6, 6.07) is 7.79. The van der Waals surface area contributed by atoms with Crippen LogP contribution in [0.25, 0.3) is 0 Å². The van der Waals surface area contributed by atoms with Crippen LogP contribution in [0.4, 0.5) is 0 Å². The molecule has 1 atom stereocenters. The van der Waals surface area contributed by atoms with Gasteiger partial charge in [-0.05, 0) is 37.3 Å². The molecule has 1 aromatic rings. The Morgan fingerprint density at radius 2 is 2.11 bits per heavy atom. The second kappa shape index (κ2) is 5.16. The van der Waals surface area contributed by atoms with E-state index in [0.717, 1.165) is 50.6 Å². The molecule has 1 aliphatic carbocycles. The number of benzene rings is 1. The Hall–Kier alpha value is -1.64. The van der Waals surface area contributed by atoms with Crippen molar-refractivity contribution in [1.82, 2.24) is 4.90 Å². The van der Waals surface area contributed by atoms with Crippen LogP contribution in [0.3, 0.4) is 0 Å². The molecule has 1 unspecified atom stereocenters. The molecule has 0 radical (unpaired) electrons. The lowest BCUT2D eigenvalue weighted by molar-refractivity contribution is -0.133. The van der Waals surface area contributed by atoms with E-state index in [1.165, 1.54) is 5.56 Å². The molecule has 100 valence electrons. The second-order valence-electron chi connectivity index (χ2n) is 5.69. The molecule has 3 nitrogen and oxygen atoms in total. The summed E-state index contributed by atoms with van der Waals surface area (Å²) in [4.78, 5) is 25.0. The Bertz CT molecular complexity index is 493. The quantitative estimate of drug-likeness (QED) is 0.781. The fourth-order valence-electron chi connectivity index (χ4n) is 2.92. The van der Waals surface area contributed by atoms with Crippen LogP contribution in [0.5, 0.6) is 0 Å². The van der Waals surface area contributed by atoms with E-state index in [-0.39, 0.29) is 0 Å². The first-order chi connectivity index (χ1) is 9.28. The van der Waals surface area contributed by atoms with Crippen LogP contribution in [-0.2, 0) is 4.79 Å². The average Bonchev–Trinajstić information content (AvgIpc) is 3.31. The van der Waals surface area contributed by atoms with E-state index in [1.54, 1.807) is 0 Å². The van der Waals surface area contributed by atoms with Gasteiger partial charge in [-0.1, -0.05) is 18.2 Å². The van der Waals surface area contributed by atoms with E-state index in [9.17, 15) is 9.59 Å². The summed E-state index contributed by atoms with van der Waals surface area (Å²) < 4.78 is 0. The number of aldehydes is 1. The topological polar surface area (TPSA) is 37.4 Å². The lowest BCUT2D eigenvalue weighted by atomic mass is 9.89. The van der Waals surface area contributed by atoms with Crippen molar-refractivity contribution in [2.45, 2.75) is 31.6 Å². The SMILES string of the molecule is O=Cc1cccc(C2CCCN(C(=O)C3CC3)C2)c1. The van der Waals surface area contributed by atoms with E-state index in [0.29, 0.717) is 17.7 Å². The number of piperidine rings is 1. The van der Waals surface area contributed by atoms with Crippen LogP contribution in [0.15, 0.2) is 24.3 Å². The van der Waals surface area contributed by atoms with Gasteiger partial charge in [-0.15, -0.1) is 0 Å². The maximum Gasteiger partial charge on any atom is 0.225 e. The van der Waals surface area contributed by atoms with Crippen LogP contribution in [0.1, 0.15) is 47.5 Å². The third kappa shape index (κ3) is 2.70. The van der Waals surface area contributed by atoms with Crippen molar-refractivity contribution in [2.24, 2.45) is 5.92 Å². The molecular formula is C16H19NO2. The van der Waals surface area contributed by atoms with Gasteiger partial charge in [0.2, 0.25) is 5.91 Å². The zero-order chi connectivity index (χ0) is 13.2. The van der Waals surface area contributed by atoms with Crippen LogP contribution in [0.2, 0.25) is 0 Å². The van der Waals surface area contributed by atoms with Crippen LogP contribution < -0.4 is 0 Å². The molecule has 2 aliphatic rings. The highest BCUT2D eigenvalue weighted by Gasteiger charge is 2.35. The first kappa shape index (κ1) is 12.4. The molecule has 0 N–H and O–H groups in total. The smallest absolute Gasteiger partial charge is 0.225 e. The number of rotatable bonds is 3. The molecule has 1 aliphatic heterocycles. The van der Waals surface area contributed by atoms with Gasteiger partial charge in [-0.3, -0.25) is 9.59 Å². The lowest BCUT2D eigenvalue weighted by Gasteiger charge is -2.33. The minimum Gasteiger partial charge on any atom is -0.342 e. The Morgan fingerprint density at radius 1 is 1.26 bits per heavy atom. The molecule has 1 amide bonds. The predicted molar refractivity (Wildman–Crippen MR) is 73.1 cm³/mol. The van der Waals surface area contributed by atoms with Gasteiger partial charge in [0.05, 0.1) is 0 Å². The van der Waals surface area contributed by atoms with E-state index in [4.69, 9.17) is 0 Å². The highest BCUT2D eigenvalue weighted by molar-refractivity contribution is 5.81. The molecule has 0 aromatic heterocycles. The summed E-state index contributed by atoms with van der Waals surface area (Å²) in [6.45, 7) is 1.72. The zero-order valence-electron chi connectivity index (χ0n) is 11.0. The van der Waals surface area contributed by atoms with Gasteiger partial charge in [-0.25, -0.2) is 0 Å². The normalized spacial score (nSPS) is 23.2. The fraction of sp³-hybridized carbons (Fsp3) is 0.500. The monoisotopic (exact) mass is 257 g/mol. The summed E-state index contributed by atoms with van der Waals surface area (Å²) in [5.74, 6) is 1.03. The summed E-state index contributed by atoms with van der Waals surface area (Å²) >= 11 is 0. The Labute approximate surface area is 113 Å². The molecule has 1 saturated carbocycles. The molecule has 1 heterocycles. The van der Waals surface area contributed by atoms with E-state index < -0.39 is 0 Å². The number of likely N-dealkylation sites (tertiary alicyclic amines) is 1. The number of amides is 1. The van der Waals surface area contributed by atoms with Crippen molar-refractivity contribution >= 4 is 12.2 Å². The Balaban J connectivity index is 1.73. The minimum atomic E-state index is 0.306. The van der Waals surface area contributed by atoms with E-state index >= 15 is 0 Å². The van der Waals surface area contributed by atoms with E-state index in [2.05, 4.69) is 6.07 Å². The number of nitrogens with zero attached hydrogens (tertiary/aromatic N) is 1. The van der Waals surface area contributed by atoms with Crippen molar-refractivity contribution in [1.29, 1.82) is 0 Å². The summed E-state index contributed by atoms with van der Waals surface area (Å²) in [7, 11) is 0. The number of hydrogen-bond donors (Lipinski definition) is 0. The highest BCUT2D eigenvalue weighted by Crippen LogP contribution is 2.34. The molecule has 1 saturated heterocycles. The third-order valence-corrected chi connectivity index (χ3v) is 4.18. The Kier molecular flexibility index (Phi) is 3.36. The van der Waals surface area contributed by atoms with Gasteiger partial charge in [0.1, 0.15) is 6.29 Å². The molecule has 19 heavy (non-hydrogen) atoms. The molecule has 2 fully saturated rings. The van der Waals surface area contributed by atoms with Crippen molar-refractivity contribution < 1.29 is 9.59 Å². The Morgan fingerprint density at radius 3 is 2.84 bits per heavy atom. The van der Waals surface area contributed by atoms with Crippen molar-refractivity contribution in [3.63, 3.8) is 0 Å². The van der Waals surface area contributed by atoms with Crippen molar-refractivity contribution in [3.05, 3.63) is 35.4 Å².